The molecule has 5 heteroatoms. The predicted molar refractivity (Wildman–Crippen MR) is 85.8 cm³/mol. The van der Waals surface area contributed by atoms with Gasteiger partial charge in [0, 0.05) is 43.8 Å². The van der Waals surface area contributed by atoms with Crippen LogP contribution in [0.4, 0.5) is 5.82 Å². The highest BCUT2D eigenvalue weighted by atomic mass is 16.3. The number of aromatic nitrogens is 1. The maximum atomic E-state index is 9.68. The molecule has 1 aromatic heterocycles. The van der Waals surface area contributed by atoms with Crippen molar-refractivity contribution in [2.75, 3.05) is 45.6 Å². The number of benzene rings is 1. The Hall–Kier alpha value is -1.85. The van der Waals surface area contributed by atoms with Crippen molar-refractivity contribution >= 4 is 16.6 Å². The fourth-order valence-corrected chi connectivity index (χ4v) is 2.83. The van der Waals surface area contributed by atoms with Gasteiger partial charge in [-0.3, -0.25) is 4.90 Å². The van der Waals surface area contributed by atoms with Crippen LogP contribution < -0.4 is 5.32 Å². The largest absolute Gasteiger partial charge is 0.508 e. The number of phenolic OH excluding ortho intramolecular Hbond substituents is 1. The standard InChI is InChI=1S/C16H22N4O/c1-19-7-8-20(2)13(11-19)10-18-16-15-9-14(21)4-3-12(15)5-6-17-16/h3-6,9,13,21H,7-8,10-11H2,1-2H3,(H,17,18). The summed E-state index contributed by atoms with van der Waals surface area (Å²) in [5.74, 6) is 1.11. The van der Waals surface area contributed by atoms with Crippen molar-refractivity contribution in [3.05, 3.63) is 30.5 Å². The quantitative estimate of drug-likeness (QED) is 0.897. The van der Waals surface area contributed by atoms with Gasteiger partial charge in [0.25, 0.3) is 0 Å². The van der Waals surface area contributed by atoms with Gasteiger partial charge in [-0.25, -0.2) is 4.98 Å². The molecule has 2 heterocycles. The Kier molecular flexibility index (Phi) is 3.94. The van der Waals surface area contributed by atoms with Crippen molar-refractivity contribution in [1.82, 2.24) is 14.8 Å². The van der Waals surface area contributed by atoms with Crippen LogP contribution in [0.1, 0.15) is 0 Å². The summed E-state index contributed by atoms with van der Waals surface area (Å²) in [4.78, 5) is 9.16. The summed E-state index contributed by atoms with van der Waals surface area (Å²) >= 11 is 0. The minimum absolute atomic E-state index is 0.271. The third-order valence-electron chi connectivity index (χ3n) is 4.24. The highest BCUT2D eigenvalue weighted by Gasteiger charge is 2.22. The van der Waals surface area contributed by atoms with Crippen molar-refractivity contribution in [1.29, 1.82) is 0 Å². The van der Waals surface area contributed by atoms with E-state index in [0.29, 0.717) is 6.04 Å². The number of hydrogen-bond donors (Lipinski definition) is 2. The zero-order valence-corrected chi connectivity index (χ0v) is 12.6. The summed E-state index contributed by atoms with van der Waals surface area (Å²) in [6.45, 7) is 4.11. The molecule has 1 atom stereocenters. The summed E-state index contributed by atoms with van der Waals surface area (Å²) in [5, 5.41) is 15.2. The van der Waals surface area contributed by atoms with Crippen LogP contribution in [0.5, 0.6) is 5.75 Å². The molecule has 1 aliphatic heterocycles. The molecule has 0 aliphatic carbocycles. The molecule has 1 unspecified atom stereocenters. The Balaban J connectivity index is 1.77. The van der Waals surface area contributed by atoms with Crippen molar-refractivity contribution in [2.45, 2.75) is 6.04 Å². The van der Waals surface area contributed by atoms with E-state index in [4.69, 9.17) is 0 Å². The Labute approximate surface area is 125 Å². The fraction of sp³-hybridized carbons (Fsp3) is 0.438. The number of aromatic hydroxyl groups is 1. The first-order valence-electron chi connectivity index (χ1n) is 7.34. The third-order valence-corrected chi connectivity index (χ3v) is 4.24. The number of nitrogens with zero attached hydrogens (tertiary/aromatic N) is 3. The second kappa shape index (κ2) is 5.87. The van der Waals surface area contributed by atoms with Crippen LogP contribution in [0.15, 0.2) is 30.5 Å². The molecule has 0 amide bonds. The maximum absolute atomic E-state index is 9.68. The molecule has 0 saturated carbocycles. The third kappa shape index (κ3) is 3.09. The zero-order valence-electron chi connectivity index (χ0n) is 12.6. The molecule has 1 saturated heterocycles. The van der Waals surface area contributed by atoms with Gasteiger partial charge in [0.1, 0.15) is 11.6 Å². The summed E-state index contributed by atoms with van der Waals surface area (Å²) < 4.78 is 0. The zero-order chi connectivity index (χ0) is 14.8. The molecule has 21 heavy (non-hydrogen) atoms. The van der Waals surface area contributed by atoms with Crippen molar-refractivity contribution < 1.29 is 5.11 Å². The van der Waals surface area contributed by atoms with Crippen LogP contribution in [-0.4, -0.2) is 66.2 Å². The monoisotopic (exact) mass is 286 g/mol. The second-order valence-electron chi connectivity index (χ2n) is 5.84. The highest BCUT2D eigenvalue weighted by Crippen LogP contribution is 2.25. The number of phenols is 1. The van der Waals surface area contributed by atoms with E-state index in [2.05, 4.69) is 34.2 Å². The molecule has 1 aromatic carbocycles. The molecule has 5 nitrogen and oxygen atoms in total. The Bertz CT molecular complexity index is 631. The van der Waals surface area contributed by atoms with E-state index in [1.807, 2.05) is 12.1 Å². The van der Waals surface area contributed by atoms with Crippen molar-refractivity contribution in [3.8, 4) is 5.75 Å². The summed E-state index contributed by atoms with van der Waals surface area (Å²) in [5.41, 5.74) is 0. The number of piperazine rings is 1. The summed E-state index contributed by atoms with van der Waals surface area (Å²) in [6, 6.07) is 7.81. The van der Waals surface area contributed by atoms with Gasteiger partial charge >= 0.3 is 0 Å². The maximum Gasteiger partial charge on any atom is 0.134 e. The minimum atomic E-state index is 0.271. The van der Waals surface area contributed by atoms with E-state index in [1.54, 1.807) is 18.3 Å². The molecule has 1 aliphatic rings. The molecule has 2 aromatic rings. The van der Waals surface area contributed by atoms with Gasteiger partial charge in [0.05, 0.1) is 0 Å². The fourth-order valence-electron chi connectivity index (χ4n) is 2.83. The van der Waals surface area contributed by atoms with E-state index in [0.717, 1.165) is 42.8 Å². The van der Waals surface area contributed by atoms with E-state index in [1.165, 1.54) is 0 Å². The van der Waals surface area contributed by atoms with Crippen molar-refractivity contribution in [3.63, 3.8) is 0 Å². The molecular formula is C16H22N4O. The topological polar surface area (TPSA) is 51.6 Å². The second-order valence-corrected chi connectivity index (χ2v) is 5.84. The van der Waals surface area contributed by atoms with Gasteiger partial charge in [-0.2, -0.15) is 0 Å². The number of anilines is 1. The molecule has 3 rings (SSSR count). The predicted octanol–water partition coefficient (Wildman–Crippen LogP) is 1.60. The van der Waals surface area contributed by atoms with Gasteiger partial charge in [-0.15, -0.1) is 0 Å². The van der Waals surface area contributed by atoms with Gasteiger partial charge in [0.15, 0.2) is 0 Å². The van der Waals surface area contributed by atoms with Crippen LogP contribution >= 0.6 is 0 Å². The molecule has 1 fully saturated rings. The lowest BCUT2D eigenvalue weighted by molar-refractivity contribution is 0.122. The lowest BCUT2D eigenvalue weighted by Gasteiger charge is -2.37. The van der Waals surface area contributed by atoms with Crippen LogP contribution in [0, 0.1) is 0 Å². The molecule has 0 spiro atoms. The minimum Gasteiger partial charge on any atom is -0.508 e. The molecule has 2 N–H and O–H groups in total. The first-order chi connectivity index (χ1) is 10.1. The number of nitrogens with one attached hydrogen (secondary N) is 1. The van der Waals surface area contributed by atoms with Gasteiger partial charge < -0.3 is 15.3 Å². The molecular weight excluding hydrogens is 264 g/mol. The van der Waals surface area contributed by atoms with Gasteiger partial charge in [-0.1, -0.05) is 6.07 Å². The smallest absolute Gasteiger partial charge is 0.134 e. The van der Waals surface area contributed by atoms with E-state index in [9.17, 15) is 5.11 Å². The van der Waals surface area contributed by atoms with E-state index in [-0.39, 0.29) is 5.75 Å². The first-order valence-corrected chi connectivity index (χ1v) is 7.34. The summed E-state index contributed by atoms with van der Waals surface area (Å²) in [6.07, 6.45) is 1.80. The van der Waals surface area contributed by atoms with Gasteiger partial charge in [-0.05, 0) is 37.7 Å². The Morgan fingerprint density at radius 3 is 3.00 bits per heavy atom. The number of fused-ring (bicyclic) bond motifs is 1. The molecule has 0 radical (unpaired) electrons. The molecule has 112 valence electrons. The van der Waals surface area contributed by atoms with E-state index < -0.39 is 0 Å². The molecule has 0 bridgehead atoms. The van der Waals surface area contributed by atoms with Crippen LogP contribution in [-0.2, 0) is 0 Å². The van der Waals surface area contributed by atoms with Gasteiger partial charge in [0.2, 0.25) is 0 Å². The van der Waals surface area contributed by atoms with Crippen molar-refractivity contribution in [2.24, 2.45) is 0 Å². The van der Waals surface area contributed by atoms with Crippen LogP contribution in [0.25, 0.3) is 10.8 Å². The first kappa shape index (κ1) is 14.1. The van der Waals surface area contributed by atoms with Crippen LogP contribution in [0.2, 0.25) is 0 Å². The number of pyridine rings is 1. The highest BCUT2D eigenvalue weighted by molar-refractivity contribution is 5.92. The lowest BCUT2D eigenvalue weighted by Crippen LogP contribution is -2.52. The average molecular weight is 286 g/mol. The number of rotatable bonds is 3. The summed E-state index contributed by atoms with van der Waals surface area (Å²) in [7, 11) is 4.33. The number of likely N-dealkylation sites (N-methyl/N-ethyl adjacent to an activating group) is 2. The lowest BCUT2D eigenvalue weighted by atomic mass is 10.1. The normalized spacial score (nSPS) is 20.8. The van der Waals surface area contributed by atoms with Crippen LogP contribution in [0.3, 0.4) is 0 Å². The SMILES string of the molecule is CN1CCN(C)C(CNc2nccc3ccc(O)cc23)C1. The Morgan fingerprint density at radius 2 is 2.14 bits per heavy atom. The van der Waals surface area contributed by atoms with E-state index >= 15 is 0 Å². The Morgan fingerprint density at radius 1 is 1.29 bits per heavy atom. The number of hydrogen-bond acceptors (Lipinski definition) is 5. The average Bonchev–Trinajstić information content (AvgIpc) is 2.48.